The summed E-state index contributed by atoms with van der Waals surface area (Å²) in [6, 6.07) is 0. The molecule has 0 heteroatoms. The first-order valence-electron chi connectivity index (χ1n) is 11.1. The highest BCUT2D eigenvalue weighted by atomic mass is 14.2. The van der Waals surface area contributed by atoms with E-state index in [1.807, 2.05) is 0 Å². The summed E-state index contributed by atoms with van der Waals surface area (Å²) >= 11 is 0. The lowest BCUT2D eigenvalue weighted by Crippen LogP contribution is -2.10. The Kier molecular flexibility index (Phi) is 18.3. The van der Waals surface area contributed by atoms with Gasteiger partial charge in [-0.2, -0.15) is 0 Å². The van der Waals surface area contributed by atoms with Crippen molar-refractivity contribution in [3.05, 3.63) is 6.42 Å². The van der Waals surface area contributed by atoms with Crippen LogP contribution in [0, 0.1) is 18.3 Å². The molecule has 0 aromatic rings. The van der Waals surface area contributed by atoms with Crippen molar-refractivity contribution in [1.29, 1.82) is 0 Å². The molecule has 139 valence electrons. The molecule has 0 aliphatic rings. The Morgan fingerprint density at radius 1 is 0.478 bits per heavy atom. The minimum Gasteiger partial charge on any atom is -0.0654 e. The first-order chi connectivity index (χ1) is 11.3. The third-order valence-corrected chi connectivity index (χ3v) is 5.35. The van der Waals surface area contributed by atoms with Gasteiger partial charge in [0, 0.05) is 0 Å². The Balaban J connectivity index is 4.06. The molecule has 0 fully saturated rings. The molecule has 0 aromatic carbocycles. The highest BCUT2D eigenvalue weighted by Gasteiger charge is 2.15. The molecule has 0 amide bonds. The van der Waals surface area contributed by atoms with Crippen LogP contribution in [0.2, 0.25) is 0 Å². The zero-order valence-electron chi connectivity index (χ0n) is 17.0. The maximum absolute atomic E-state index is 2.78. The van der Waals surface area contributed by atoms with Gasteiger partial charge in [0.25, 0.3) is 0 Å². The lowest BCUT2D eigenvalue weighted by atomic mass is 9.83. The van der Waals surface area contributed by atoms with Crippen LogP contribution in [-0.4, -0.2) is 0 Å². The zero-order valence-corrected chi connectivity index (χ0v) is 17.0. The summed E-state index contributed by atoms with van der Waals surface area (Å²) in [7, 11) is 0. The van der Waals surface area contributed by atoms with Gasteiger partial charge in [-0.3, -0.25) is 0 Å². The van der Waals surface area contributed by atoms with Crippen molar-refractivity contribution in [3.63, 3.8) is 0 Å². The number of hydrogen-bond donors (Lipinski definition) is 0. The normalized spacial score (nSPS) is 14.1. The van der Waals surface area contributed by atoms with Gasteiger partial charge in [-0.15, -0.1) is 0 Å². The molecule has 0 saturated carbocycles. The average Bonchev–Trinajstić information content (AvgIpc) is 2.57. The molecule has 0 heterocycles. The van der Waals surface area contributed by atoms with E-state index in [2.05, 4.69) is 34.1 Å². The fraction of sp³-hybridized carbons (Fsp3) is 0.957. The molecular weight excluding hydrogens is 276 g/mol. The summed E-state index contributed by atoms with van der Waals surface area (Å²) in [4.78, 5) is 0. The van der Waals surface area contributed by atoms with Crippen LogP contribution in [0.3, 0.4) is 0 Å². The Hall–Kier alpha value is 0. The molecule has 0 aliphatic heterocycles. The molecule has 0 aromatic heterocycles. The second-order valence-corrected chi connectivity index (χ2v) is 7.67. The molecule has 2 atom stereocenters. The summed E-state index contributed by atoms with van der Waals surface area (Å²) in [5.41, 5.74) is 0. The van der Waals surface area contributed by atoms with Crippen molar-refractivity contribution in [3.8, 4) is 0 Å². The van der Waals surface area contributed by atoms with Crippen LogP contribution in [0.15, 0.2) is 0 Å². The Morgan fingerprint density at radius 3 is 1.39 bits per heavy atom. The van der Waals surface area contributed by atoms with Crippen molar-refractivity contribution in [1.82, 2.24) is 0 Å². The molecule has 23 heavy (non-hydrogen) atoms. The van der Waals surface area contributed by atoms with Crippen LogP contribution in [0.1, 0.15) is 130 Å². The minimum atomic E-state index is 0.883. The smallest absolute Gasteiger partial charge is 0.0324 e. The van der Waals surface area contributed by atoms with Gasteiger partial charge in [-0.1, -0.05) is 130 Å². The van der Waals surface area contributed by atoms with Gasteiger partial charge in [-0.25, -0.2) is 0 Å². The summed E-state index contributed by atoms with van der Waals surface area (Å²) in [6.45, 7) is 9.34. The standard InChI is InChI=1S/C23H47/c1-5-9-12-14-17-20-23(19-15-11-7-3)21-22(8-4)18-16-13-10-6-2/h21-23H,5-20H2,1-4H3. The SMILES string of the molecule is CCCCCCCC([CH]C(CC)CCCCCC)CCCCC. The maximum atomic E-state index is 2.78. The summed E-state index contributed by atoms with van der Waals surface area (Å²) in [5, 5.41) is 0. The zero-order chi connectivity index (χ0) is 17.2. The van der Waals surface area contributed by atoms with E-state index in [1.54, 1.807) is 0 Å². The molecule has 2 unspecified atom stereocenters. The summed E-state index contributed by atoms with van der Waals surface area (Å²) in [6.07, 6.45) is 25.5. The molecule has 0 N–H and O–H groups in total. The minimum absolute atomic E-state index is 0.883. The second-order valence-electron chi connectivity index (χ2n) is 7.67. The molecule has 0 rings (SSSR count). The van der Waals surface area contributed by atoms with Gasteiger partial charge in [0.15, 0.2) is 0 Å². The van der Waals surface area contributed by atoms with Crippen molar-refractivity contribution in [2.24, 2.45) is 11.8 Å². The van der Waals surface area contributed by atoms with Crippen LogP contribution in [0.4, 0.5) is 0 Å². The van der Waals surface area contributed by atoms with E-state index in [0.29, 0.717) is 0 Å². The van der Waals surface area contributed by atoms with Gasteiger partial charge in [0.2, 0.25) is 0 Å². The Bertz CT molecular complexity index is 208. The van der Waals surface area contributed by atoms with Crippen molar-refractivity contribution < 1.29 is 0 Å². The number of rotatable bonds is 18. The monoisotopic (exact) mass is 323 g/mol. The average molecular weight is 324 g/mol. The van der Waals surface area contributed by atoms with Gasteiger partial charge in [0.05, 0.1) is 0 Å². The second kappa shape index (κ2) is 18.3. The van der Waals surface area contributed by atoms with Crippen molar-refractivity contribution in [2.45, 2.75) is 130 Å². The number of hydrogen-bond acceptors (Lipinski definition) is 0. The van der Waals surface area contributed by atoms with Crippen LogP contribution in [0.25, 0.3) is 0 Å². The van der Waals surface area contributed by atoms with Crippen LogP contribution in [0.5, 0.6) is 0 Å². The lowest BCUT2D eigenvalue weighted by molar-refractivity contribution is 0.381. The predicted octanol–water partition coefficient (Wildman–Crippen LogP) is 8.74. The third kappa shape index (κ3) is 15.3. The van der Waals surface area contributed by atoms with Crippen LogP contribution >= 0.6 is 0 Å². The number of unbranched alkanes of at least 4 members (excludes halogenated alkanes) is 9. The molecular formula is C23H47. The topological polar surface area (TPSA) is 0 Å². The maximum Gasteiger partial charge on any atom is -0.0324 e. The summed E-state index contributed by atoms with van der Waals surface area (Å²) in [5.74, 6) is 1.79. The van der Waals surface area contributed by atoms with Gasteiger partial charge in [0.1, 0.15) is 0 Å². The van der Waals surface area contributed by atoms with E-state index in [9.17, 15) is 0 Å². The predicted molar refractivity (Wildman–Crippen MR) is 108 cm³/mol. The molecule has 0 aliphatic carbocycles. The molecule has 1 radical (unpaired) electrons. The third-order valence-electron chi connectivity index (χ3n) is 5.35. The first kappa shape index (κ1) is 23.0. The van der Waals surface area contributed by atoms with E-state index in [-0.39, 0.29) is 0 Å². The lowest BCUT2D eigenvalue weighted by Gasteiger charge is -2.23. The first-order valence-corrected chi connectivity index (χ1v) is 11.1. The van der Waals surface area contributed by atoms with E-state index in [0.717, 1.165) is 11.8 Å². The van der Waals surface area contributed by atoms with E-state index < -0.39 is 0 Å². The molecule has 0 spiro atoms. The van der Waals surface area contributed by atoms with Crippen molar-refractivity contribution in [2.75, 3.05) is 0 Å². The van der Waals surface area contributed by atoms with Gasteiger partial charge < -0.3 is 0 Å². The quantitative estimate of drug-likeness (QED) is 0.221. The van der Waals surface area contributed by atoms with Crippen LogP contribution < -0.4 is 0 Å². The van der Waals surface area contributed by atoms with E-state index in [1.165, 1.54) is 103 Å². The highest BCUT2D eigenvalue weighted by molar-refractivity contribution is 4.83. The summed E-state index contributed by atoms with van der Waals surface area (Å²) < 4.78 is 0. The molecule has 0 saturated heterocycles. The van der Waals surface area contributed by atoms with E-state index in [4.69, 9.17) is 0 Å². The van der Waals surface area contributed by atoms with Gasteiger partial charge in [-0.05, 0) is 18.3 Å². The van der Waals surface area contributed by atoms with E-state index >= 15 is 0 Å². The fourth-order valence-corrected chi connectivity index (χ4v) is 3.66. The largest absolute Gasteiger partial charge is 0.0654 e. The van der Waals surface area contributed by atoms with Crippen LogP contribution in [-0.2, 0) is 0 Å². The Morgan fingerprint density at radius 2 is 0.870 bits per heavy atom. The molecule has 0 bridgehead atoms. The van der Waals surface area contributed by atoms with Crippen molar-refractivity contribution >= 4 is 0 Å². The molecule has 0 nitrogen and oxygen atoms in total. The fourth-order valence-electron chi connectivity index (χ4n) is 3.66. The highest BCUT2D eigenvalue weighted by Crippen LogP contribution is 2.28. The Labute approximate surface area is 149 Å². The van der Waals surface area contributed by atoms with Gasteiger partial charge >= 0.3 is 0 Å².